The molecule has 8 nitrogen and oxygen atoms in total. The molecule has 0 fully saturated rings. The third-order valence-electron chi connectivity index (χ3n) is 4.58. The zero-order chi connectivity index (χ0) is 22.5. The molecule has 0 radical (unpaired) electrons. The van der Waals surface area contributed by atoms with E-state index in [1.165, 1.54) is 12.3 Å². The minimum atomic E-state index is -0.387. The lowest BCUT2D eigenvalue weighted by atomic mass is 10.2. The molecule has 160 valence electrons. The van der Waals surface area contributed by atoms with E-state index in [1.807, 2.05) is 0 Å². The molecular weight excluding hydrogens is 410 g/mol. The standard InChI is InChI=1S/C24H19N3O5/c25-16-6-4-15(5-7-16)24(30)27-18-3-1-2-17(12-18)26-23(29)14-32-19-8-9-20-21(28)10-11-31-22(20)13-19/h1-13H,14,25H2,(H,26,29)(H,27,30). The summed E-state index contributed by atoms with van der Waals surface area (Å²) in [5, 5.41) is 5.92. The van der Waals surface area contributed by atoms with Crippen molar-refractivity contribution in [2.24, 2.45) is 0 Å². The molecule has 0 aliphatic rings. The summed E-state index contributed by atoms with van der Waals surface area (Å²) in [6, 6.07) is 19.4. The molecule has 0 aliphatic heterocycles. The quantitative estimate of drug-likeness (QED) is 0.402. The first kappa shape index (κ1) is 20.7. The first-order valence-corrected chi connectivity index (χ1v) is 9.69. The molecule has 0 aliphatic carbocycles. The lowest BCUT2D eigenvalue weighted by Gasteiger charge is -2.10. The highest BCUT2D eigenvalue weighted by Gasteiger charge is 2.09. The maximum absolute atomic E-state index is 12.3. The molecule has 0 bridgehead atoms. The van der Waals surface area contributed by atoms with E-state index in [2.05, 4.69) is 10.6 Å². The summed E-state index contributed by atoms with van der Waals surface area (Å²) in [7, 11) is 0. The molecule has 0 unspecified atom stereocenters. The number of anilines is 3. The van der Waals surface area contributed by atoms with Crippen LogP contribution in [0.1, 0.15) is 10.4 Å². The third-order valence-corrected chi connectivity index (χ3v) is 4.58. The van der Waals surface area contributed by atoms with E-state index in [9.17, 15) is 14.4 Å². The highest BCUT2D eigenvalue weighted by molar-refractivity contribution is 6.04. The topological polar surface area (TPSA) is 124 Å². The lowest BCUT2D eigenvalue weighted by Crippen LogP contribution is -2.20. The van der Waals surface area contributed by atoms with Gasteiger partial charge in [-0.05, 0) is 54.6 Å². The van der Waals surface area contributed by atoms with Crippen LogP contribution in [-0.2, 0) is 4.79 Å². The van der Waals surface area contributed by atoms with Crippen molar-refractivity contribution in [2.75, 3.05) is 23.0 Å². The summed E-state index contributed by atoms with van der Waals surface area (Å²) in [6.07, 6.45) is 1.31. The molecular formula is C24H19N3O5. The summed E-state index contributed by atoms with van der Waals surface area (Å²) in [5.41, 5.74) is 7.92. The molecule has 0 spiro atoms. The average Bonchev–Trinajstić information content (AvgIpc) is 2.78. The van der Waals surface area contributed by atoms with Gasteiger partial charge in [-0.2, -0.15) is 0 Å². The fourth-order valence-corrected chi connectivity index (χ4v) is 3.01. The summed E-state index contributed by atoms with van der Waals surface area (Å²) in [6.45, 7) is -0.245. The van der Waals surface area contributed by atoms with Crippen molar-refractivity contribution < 1.29 is 18.7 Å². The van der Waals surface area contributed by atoms with Gasteiger partial charge in [-0.25, -0.2) is 0 Å². The normalized spacial score (nSPS) is 10.5. The smallest absolute Gasteiger partial charge is 0.262 e. The van der Waals surface area contributed by atoms with Gasteiger partial charge in [-0.15, -0.1) is 0 Å². The number of nitrogen functional groups attached to an aromatic ring is 1. The van der Waals surface area contributed by atoms with Crippen LogP contribution < -0.4 is 26.5 Å². The van der Waals surface area contributed by atoms with E-state index in [-0.39, 0.29) is 23.9 Å². The Morgan fingerprint density at radius 3 is 2.44 bits per heavy atom. The van der Waals surface area contributed by atoms with Crippen molar-refractivity contribution in [3.05, 3.63) is 94.8 Å². The van der Waals surface area contributed by atoms with Gasteiger partial charge in [0.15, 0.2) is 12.0 Å². The molecule has 8 heteroatoms. The van der Waals surface area contributed by atoms with Gasteiger partial charge in [-0.3, -0.25) is 14.4 Å². The van der Waals surface area contributed by atoms with Crippen LogP contribution in [-0.4, -0.2) is 18.4 Å². The van der Waals surface area contributed by atoms with Crippen molar-refractivity contribution in [1.82, 2.24) is 0 Å². The number of carbonyl (C=O) groups excluding carboxylic acids is 2. The number of nitrogens with one attached hydrogen (secondary N) is 2. The molecule has 4 N–H and O–H groups in total. The molecule has 0 saturated heterocycles. The number of benzene rings is 3. The summed E-state index contributed by atoms with van der Waals surface area (Å²) < 4.78 is 10.8. The largest absolute Gasteiger partial charge is 0.484 e. The molecule has 4 rings (SSSR count). The third kappa shape index (κ3) is 4.93. The van der Waals surface area contributed by atoms with Gasteiger partial charge in [-0.1, -0.05) is 6.07 Å². The molecule has 32 heavy (non-hydrogen) atoms. The minimum absolute atomic E-state index is 0.154. The van der Waals surface area contributed by atoms with Gasteiger partial charge in [0.25, 0.3) is 11.8 Å². The Hall–Kier alpha value is -4.59. The number of hydrogen-bond donors (Lipinski definition) is 3. The fourth-order valence-electron chi connectivity index (χ4n) is 3.01. The van der Waals surface area contributed by atoms with Gasteiger partial charge in [0.05, 0.1) is 11.6 Å². The van der Waals surface area contributed by atoms with Gasteiger partial charge >= 0.3 is 0 Å². The second-order valence-electron chi connectivity index (χ2n) is 6.94. The molecule has 0 saturated carbocycles. The van der Waals surface area contributed by atoms with Crippen LogP contribution in [0.2, 0.25) is 0 Å². The SMILES string of the molecule is Nc1ccc(C(=O)Nc2cccc(NC(=O)COc3ccc4c(=O)ccoc4c3)c2)cc1. The summed E-state index contributed by atoms with van der Waals surface area (Å²) >= 11 is 0. The molecule has 4 aromatic rings. The Kier molecular flexibility index (Phi) is 5.85. The van der Waals surface area contributed by atoms with Crippen LogP contribution >= 0.6 is 0 Å². The molecule has 2 amide bonds. The molecule has 1 aromatic heterocycles. The number of hydrogen-bond acceptors (Lipinski definition) is 6. The highest BCUT2D eigenvalue weighted by atomic mass is 16.5. The van der Waals surface area contributed by atoms with E-state index in [0.717, 1.165) is 0 Å². The van der Waals surface area contributed by atoms with E-state index < -0.39 is 0 Å². The van der Waals surface area contributed by atoms with Crippen molar-refractivity contribution in [2.45, 2.75) is 0 Å². The van der Waals surface area contributed by atoms with Crippen LogP contribution in [0.15, 0.2) is 88.3 Å². The predicted molar refractivity (Wildman–Crippen MR) is 122 cm³/mol. The number of fused-ring (bicyclic) bond motifs is 1. The number of rotatable bonds is 6. The van der Waals surface area contributed by atoms with Gasteiger partial charge in [0, 0.05) is 34.8 Å². The Labute approximate surface area is 182 Å². The Bertz CT molecular complexity index is 1350. The Morgan fingerprint density at radius 1 is 0.906 bits per heavy atom. The van der Waals surface area contributed by atoms with Gasteiger partial charge in [0.1, 0.15) is 11.3 Å². The maximum atomic E-state index is 12.3. The molecule has 1 heterocycles. The summed E-state index contributed by atoms with van der Waals surface area (Å²) in [5.74, 6) is -0.284. The Morgan fingerprint density at radius 2 is 1.66 bits per heavy atom. The van der Waals surface area contributed by atoms with Crippen LogP contribution in [0.4, 0.5) is 17.1 Å². The maximum Gasteiger partial charge on any atom is 0.262 e. The Balaban J connectivity index is 1.36. The molecule has 3 aromatic carbocycles. The van der Waals surface area contributed by atoms with Crippen molar-refractivity contribution in [1.29, 1.82) is 0 Å². The average molecular weight is 429 g/mol. The van der Waals surface area contributed by atoms with Crippen molar-refractivity contribution in [3.63, 3.8) is 0 Å². The highest BCUT2D eigenvalue weighted by Crippen LogP contribution is 2.19. The van der Waals surface area contributed by atoms with E-state index in [1.54, 1.807) is 66.7 Å². The van der Waals surface area contributed by atoms with Gasteiger partial charge in [0.2, 0.25) is 0 Å². The monoisotopic (exact) mass is 429 g/mol. The molecule has 0 atom stereocenters. The number of amides is 2. The van der Waals surface area contributed by atoms with E-state index in [4.69, 9.17) is 14.9 Å². The van der Waals surface area contributed by atoms with Crippen LogP contribution in [0.25, 0.3) is 11.0 Å². The first-order valence-electron chi connectivity index (χ1n) is 9.69. The van der Waals surface area contributed by atoms with Crippen LogP contribution in [0.3, 0.4) is 0 Å². The van der Waals surface area contributed by atoms with E-state index in [0.29, 0.717) is 39.3 Å². The second-order valence-corrected chi connectivity index (χ2v) is 6.94. The minimum Gasteiger partial charge on any atom is -0.484 e. The predicted octanol–water partition coefficient (Wildman–Crippen LogP) is 3.65. The number of carbonyl (C=O) groups is 2. The fraction of sp³-hybridized carbons (Fsp3) is 0.0417. The second kappa shape index (κ2) is 9.05. The van der Waals surface area contributed by atoms with Crippen molar-refractivity contribution in [3.8, 4) is 5.75 Å². The number of ether oxygens (including phenoxy) is 1. The zero-order valence-corrected chi connectivity index (χ0v) is 16.8. The lowest BCUT2D eigenvalue weighted by molar-refractivity contribution is -0.118. The zero-order valence-electron chi connectivity index (χ0n) is 16.8. The van der Waals surface area contributed by atoms with Crippen molar-refractivity contribution >= 4 is 39.8 Å². The van der Waals surface area contributed by atoms with E-state index >= 15 is 0 Å². The van der Waals surface area contributed by atoms with Gasteiger partial charge < -0.3 is 25.5 Å². The number of nitrogens with two attached hydrogens (primary N) is 1. The van der Waals surface area contributed by atoms with Crippen LogP contribution in [0, 0.1) is 0 Å². The van der Waals surface area contributed by atoms with Crippen LogP contribution in [0.5, 0.6) is 5.75 Å². The first-order chi connectivity index (χ1) is 15.5. The summed E-state index contributed by atoms with van der Waals surface area (Å²) in [4.78, 5) is 36.4.